The van der Waals surface area contributed by atoms with Gasteiger partial charge in [0, 0.05) is 5.39 Å². The first kappa shape index (κ1) is 8.69. The number of carbonyl (C=O) groups is 1. The van der Waals surface area contributed by atoms with Crippen LogP contribution in [-0.4, -0.2) is 6.47 Å². The second kappa shape index (κ2) is 3.46. The van der Waals surface area contributed by atoms with Gasteiger partial charge in [-0.05, 0) is 29.7 Å². The third kappa shape index (κ3) is 1.44. The van der Waals surface area contributed by atoms with Gasteiger partial charge in [0.2, 0.25) is 0 Å². The fourth-order valence-electron chi connectivity index (χ4n) is 1.35. The van der Waals surface area contributed by atoms with Gasteiger partial charge >= 0.3 is 0 Å². The summed E-state index contributed by atoms with van der Waals surface area (Å²) in [4.78, 5) is 10.1. The highest BCUT2D eigenvalue weighted by Gasteiger charge is 2.00. The van der Waals surface area contributed by atoms with Gasteiger partial charge in [-0.3, -0.25) is 4.79 Å². The zero-order valence-electron chi connectivity index (χ0n) is 7.24. The maximum atomic E-state index is 13.2. The molecule has 2 rings (SSSR count). The molecule has 0 aliphatic rings. The van der Waals surface area contributed by atoms with Crippen LogP contribution in [0, 0.1) is 5.82 Å². The van der Waals surface area contributed by atoms with Crippen molar-refractivity contribution in [3.05, 3.63) is 42.2 Å². The summed E-state index contributed by atoms with van der Waals surface area (Å²) >= 11 is 0. The molecule has 2 aromatic rings. The van der Waals surface area contributed by atoms with Crippen LogP contribution < -0.4 is 4.74 Å². The van der Waals surface area contributed by atoms with Crippen LogP contribution in [0.15, 0.2) is 36.4 Å². The van der Waals surface area contributed by atoms with Crippen LogP contribution in [0.25, 0.3) is 10.8 Å². The lowest BCUT2D eigenvalue weighted by Crippen LogP contribution is -1.88. The van der Waals surface area contributed by atoms with Crippen molar-refractivity contribution >= 4 is 17.2 Å². The first-order valence-electron chi connectivity index (χ1n) is 4.10. The average molecular weight is 190 g/mol. The fourth-order valence-corrected chi connectivity index (χ4v) is 1.35. The second-order valence-corrected chi connectivity index (χ2v) is 2.84. The molecule has 2 aromatic carbocycles. The number of halogens is 1. The van der Waals surface area contributed by atoms with Gasteiger partial charge in [0.15, 0.2) is 0 Å². The van der Waals surface area contributed by atoms with Crippen molar-refractivity contribution < 1.29 is 13.9 Å². The van der Waals surface area contributed by atoms with Crippen LogP contribution in [-0.2, 0) is 4.79 Å². The van der Waals surface area contributed by atoms with Crippen LogP contribution in [0.2, 0.25) is 0 Å². The summed E-state index contributed by atoms with van der Waals surface area (Å²) in [5.41, 5.74) is 0. The van der Waals surface area contributed by atoms with E-state index in [1.807, 2.05) is 0 Å². The highest BCUT2D eigenvalue weighted by molar-refractivity contribution is 5.84. The number of rotatable bonds is 2. The van der Waals surface area contributed by atoms with E-state index in [0.29, 0.717) is 23.0 Å². The van der Waals surface area contributed by atoms with E-state index in [9.17, 15) is 9.18 Å². The Morgan fingerprint density at radius 2 is 2.07 bits per heavy atom. The summed E-state index contributed by atoms with van der Waals surface area (Å²) in [6.07, 6.45) is 0. The molecule has 0 spiro atoms. The van der Waals surface area contributed by atoms with Gasteiger partial charge in [-0.25, -0.2) is 4.39 Å². The third-order valence-corrected chi connectivity index (χ3v) is 1.98. The highest BCUT2D eigenvalue weighted by Crippen LogP contribution is 2.22. The Hall–Kier alpha value is -1.90. The monoisotopic (exact) mass is 190 g/mol. The summed E-state index contributed by atoms with van der Waals surface area (Å²) in [7, 11) is 0. The van der Waals surface area contributed by atoms with Gasteiger partial charge in [0.05, 0.1) is 0 Å². The SMILES string of the molecule is O=COc1ccc2c(F)cccc2c1. The zero-order valence-corrected chi connectivity index (χ0v) is 7.24. The Morgan fingerprint density at radius 1 is 1.21 bits per heavy atom. The van der Waals surface area contributed by atoms with Crippen molar-refractivity contribution in [1.29, 1.82) is 0 Å². The van der Waals surface area contributed by atoms with Gasteiger partial charge in [-0.1, -0.05) is 12.1 Å². The summed E-state index contributed by atoms with van der Waals surface area (Å²) in [5.74, 6) is 0.137. The standard InChI is InChI=1S/C11H7FO2/c12-11-3-1-2-8-6-9(14-7-13)4-5-10(8)11/h1-7H. The summed E-state index contributed by atoms with van der Waals surface area (Å²) in [5, 5.41) is 1.23. The highest BCUT2D eigenvalue weighted by atomic mass is 19.1. The number of fused-ring (bicyclic) bond motifs is 1. The molecule has 0 saturated carbocycles. The van der Waals surface area contributed by atoms with Gasteiger partial charge in [-0.2, -0.15) is 0 Å². The smallest absolute Gasteiger partial charge is 0.298 e. The number of hydrogen-bond donors (Lipinski definition) is 0. The minimum atomic E-state index is -0.278. The maximum Gasteiger partial charge on any atom is 0.298 e. The quantitative estimate of drug-likeness (QED) is 0.680. The predicted molar refractivity (Wildman–Crippen MR) is 50.6 cm³/mol. The molecule has 0 bridgehead atoms. The molecule has 70 valence electrons. The summed E-state index contributed by atoms with van der Waals surface area (Å²) in [6.45, 7) is 0.348. The molecule has 14 heavy (non-hydrogen) atoms. The molecule has 0 aromatic heterocycles. The molecule has 3 heteroatoms. The van der Waals surface area contributed by atoms with Gasteiger partial charge in [0.1, 0.15) is 11.6 Å². The molecule has 0 aliphatic heterocycles. The van der Waals surface area contributed by atoms with E-state index in [4.69, 9.17) is 0 Å². The Balaban J connectivity index is 2.61. The molecule has 0 aliphatic carbocycles. The van der Waals surface area contributed by atoms with Crippen LogP contribution in [0.1, 0.15) is 0 Å². The van der Waals surface area contributed by atoms with Crippen molar-refractivity contribution in [3.8, 4) is 5.75 Å². The molecular formula is C11H7FO2. The number of carbonyl (C=O) groups excluding carboxylic acids is 1. The van der Waals surface area contributed by atoms with E-state index < -0.39 is 0 Å². The van der Waals surface area contributed by atoms with Crippen molar-refractivity contribution in [1.82, 2.24) is 0 Å². The van der Waals surface area contributed by atoms with E-state index in [1.165, 1.54) is 6.07 Å². The first-order chi connectivity index (χ1) is 6.81. The maximum absolute atomic E-state index is 13.2. The molecule has 0 heterocycles. The molecule has 0 atom stereocenters. The molecule has 2 nitrogen and oxygen atoms in total. The zero-order chi connectivity index (χ0) is 9.97. The molecule has 0 unspecified atom stereocenters. The van der Waals surface area contributed by atoms with E-state index in [1.54, 1.807) is 30.3 Å². The molecule has 0 N–H and O–H groups in total. The van der Waals surface area contributed by atoms with Crippen LogP contribution in [0.4, 0.5) is 4.39 Å². The molecular weight excluding hydrogens is 183 g/mol. The third-order valence-electron chi connectivity index (χ3n) is 1.98. The van der Waals surface area contributed by atoms with Gasteiger partial charge < -0.3 is 4.74 Å². The molecule has 0 fully saturated rings. The fraction of sp³-hybridized carbons (Fsp3) is 0. The van der Waals surface area contributed by atoms with Crippen molar-refractivity contribution in [2.24, 2.45) is 0 Å². The summed E-state index contributed by atoms with van der Waals surface area (Å²) in [6, 6.07) is 9.52. The summed E-state index contributed by atoms with van der Waals surface area (Å²) < 4.78 is 17.8. The lowest BCUT2D eigenvalue weighted by atomic mass is 10.1. The molecule has 0 radical (unpaired) electrons. The Bertz CT molecular complexity index is 480. The topological polar surface area (TPSA) is 26.3 Å². The van der Waals surface area contributed by atoms with E-state index >= 15 is 0 Å². The average Bonchev–Trinajstić information content (AvgIpc) is 2.18. The number of benzene rings is 2. The minimum Gasteiger partial charge on any atom is -0.429 e. The van der Waals surface area contributed by atoms with Crippen LogP contribution >= 0.6 is 0 Å². The van der Waals surface area contributed by atoms with Crippen molar-refractivity contribution in [2.75, 3.05) is 0 Å². The molecule has 0 amide bonds. The van der Waals surface area contributed by atoms with E-state index in [-0.39, 0.29) is 5.82 Å². The number of ether oxygens (including phenoxy) is 1. The normalized spacial score (nSPS) is 10.1. The Morgan fingerprint density at radius 3 is 2.86 bits per heavy atom. The van der Waals surface area contributed by atoms with E-state index in [0.717, 1.165) is 0 Å². The van der Waals surface area contributed by atoms with Crippen LogP contribution in [0.5, 0.6) is 5.75 Å². The van der Waals surface area contributed by atoms with E-state index in [2.05, 4.69) is 4.74 Å². The Labute approximate surface area is 79.9 Å². The number of hydrogen-bond acceptors (Lipinski definition) is 2. The minimum absolute atomic E-state index is 0.278. The largest absolute Gasteiger partial charge is 0.429 e. The van der Waals surface area contributed by atoms with Gasteiger partial charge in [-0.15, -0.1) is 0 Å². The lowest BCUT2D eigenvalue weighted by molar-refractivity contribution is -0.120. The molecule has 0 saturated heterocycles. The predicted octanol–water partition coefficient (Wildman–Crippen LogP) is 2.51. The Kier molecular flexibility index (Phi) is 2.14. The van der Waals surface area contributed by atoms with Crippen LogP contribution in [0.3, 0.4) is 0 Å². The van der Waals surface area contributed by atoms with Gasteiger partial charge in [0.25, 0.3) is 6.47 Å². The first-order valence-corrected chi connectivity index (χ1v) is 4.10. The lowest BCUT2D eigenvalue weighted by Gasteiger charge is -2.01. The van der Waals surface area contributed by atoms with Crippen molar-refractivity contribution in [2.45, 2.75) is 0 Å². The van der Waals surface area contributed by atoms with Crippen molar-refractivity contribution in [3.63, 3.8) is 0 Å². The second-order valence-electron chi connectivity index (χ2n) is 2.84.